The Morgan fingerprint density at radius 3 is 2.85 bits per heavy atom. The maximum absolute atomic E-state index is 4.51. The summed E-state index contributed by atoms with van der Waals surface area (Å²) >= 11 is 0. The van der Waals surface area contributed by atoms with Gasteiger partial charge in [-0.25, -0.2) is 4.98 Å². The Balaban J connectivity index is 1.63. The van der Waals surface area contributed by atoms with E-state index in [-0.39, 0.29) is 0 Å². The molecule has 1 unspecified atom stereocenters. The van der Waals surface area contributed by atoms with Gasteiger partial charge < -0.3 is 14.8 Å². The predicted octanol–water partition coefficient (Wildman–Crippen LogP) is 1.48. The van der Waals surface area contributed by atoms with Gasteiger partial charge in [0.25, 0.3) is 0 Å². The number of imidazole rings is 1. The topological polar surface area (TPSA) is 36.3 Å². The van der Waals surface area contributed by atoms with E-state index in [2.05, 4.69) is 45.0 Å². The van der Waals surface area contributed by atoms with Gasteiger partial charge >= 0.3 is 0 Å². The highest BCUT2D eigenvalue weighted by Crippen LogP contribution is 2.22. The average molecular weight is 277 g/mol. The molecule has 5 nitrogen and oxygen atoms in total. The molecule has 5 heteroatoms. The van der Waals surface area contributed by atoms with Crippen molar-refractivity contribution in [2.75, 3.05) is 39.0 Å². The Bertz CT molecular complexity index is 424. The second-order valence-corrected chi connectivity index (χ2v) is 6.43. The summed E-state index contributed by atoms with van der Waals surface area (Å²) in [5.41, 5.74) is 0. The number of hydrogen-bond acceptors (Lipinski definition) is 4. The van der Waals surface area contributed by atoms with Crippen LogP contribution < -0.4 is 5.32 Å². The first-order valence-corrected chi connectivity index (χ1v) is 7.89. The van der Waals surface area contributed by atoms with Crippen LogP contribution >= 0.6 is 0 Å². The lowest BCUT2D eigenvalue weighted by atomic mass is 10.2. The number of anilines is 1. The molecule has 2 heterocycles. The van der Waals surface area contributed by atoms with Crippen LogP contribution in [0.1, 0.15) is 25.7 Å². The molecule has 1 saturated carbocycles. The van der Waals surface area contributed by atoms with Gasteiger partial charge in [0.15, 0.2) is 0 Å². The summed E-state index contributed by atoms with van der Waals surface area (Å²) in [6.45, 7) is 4.48. The zero-order valence-corrected chi connectivity index (χ0v) is 12.8. The van der Waals surface area contributed by atoms with Crippen molar-refractivity contribution in [1.29, 1.82) is 0 Å². The zero-order chi connectivity index (χ0) is 13.9. The quantitative estimate of drug-likeness (QED) is 0.904. The van der Waals surface area contributed by atoms with Crippen molar-refractivity contribution >= 4 is 5.95 Å². The Labute approximate surface area is 122 Å². The van der Waals surface area contributed by atoms with E-state index in [9.17, 15) is 0 Å². The third-order valence-corrected chi connectivity index (χ3v) is 4.79. The van der Waals surface area contributed by atoms with E-state index in [1.165, 1.54) is 32.2 Å². The van der Waals surface area contributed by atoms with Crippen molar-refractivity contribution in [3.8, 4) is 0 Å². The minimum Gasteiger partial charge on any atom is -0.353 e. The number of hydrogen-bond donors (Lipinski definition) is 1. The van der Waals surface area contributed by atoms with E-state index in [0.29, 0.717) is 12.1 Å². The second-order valence-electron chi connectivity index (χ2n) is 6.43. The van der Waals surface area contributed by atoms with Crippen molar-refractivity contribution in [2.45, 2.75) is 44.3 Å². The van der Waals surface area contributed by atoms with Gasteiger partial charge in [0, 0.05) is 50.7 Å². The van der Waals surface area contributed by atoms with Crippen LogP contribution in [-0.4, -0.2) is 65.2 Å². The number of likely N-dealkylation sites (N-methyl/N-ethyl adjacent to an activating group) is 2. The molecule has 1 N–H and O–H groups in total. The molecule has 1 aromatic heterocycles. The molecule has 0 aromatic carbocycles. The number of piperazine rings is 1. The Kier molecular flexibility index (Phi) is 4.27. The summed E-state index contributed by atoms with van der Waals surface area (Å²) in [5.74, 6) is 1.05. The number of aromatic nitrogens is 2. The van der Waals surface area contributed by atoms with E-state index >= 15 is 0 Å². The fourth-order valence-corrected chi connectivity index (χ4v) is 3.38. The summed E-state index contributed by atoms with van der Waals surface area (Å²) in [4.78, 5) is 9.40. The lowest BCUT2D eigenvalue weighted by Crippen LogP contribution is -2.51. The highest BCUT2D eigenvalue weighted by molar-refractivity contribution is 5.28. The summed E-state index contributed by atoms with van der Waals surface area (Å²) in [5, 5.41) is 3.62. The first kappa shape index (κ1) is 13.9. The van der Waals surface area contributed by atoms with E-state index < -0.39 is 0 Å². The van der Waals surface area contributed by atoms with E-state index in [4.69, 9.17) is 0 Å². The number of nitrogens with one attached hydrogen (secondary N) is 1. The molecule has 1 aliphatic heterocycles. The van der Waals surface area contributed by atoms with Crippen LogP contribution in [0.25, 0.3) is 0 Å². The molecule has 0 spiro atoms. The van der Waals surface area contributed by atoms with Crippen molar-refractivity contribution in [3.63, 3.8) is 0 Å². The Morgan fingerprint density at radius 2 is 2.05 bits per heavy atom. The Morgan fingerprint density at radius 1 is 1.25 bits per heavy atom. The summed E-state index contributed by atoms with van der Waals surface area (Å²) in [6.07, 6.45) is 9.32. The van der Waals surface area contributed by atoms with Gasteiger partial charge in [-0.05, 0) is 26.9 Å². The van der Waals surface area contributed by atoms with Gasteiger partial charge in [-0.15, -0.1) is 0 Å². The van der Waals surface area contributed by atoms with Crippen LogP contribution in [0.15, 0.2) is 12.4 Å². The molecule has 0 amide bonds. The zero-order valence-electron chi connectivity index (χ0n) is 12.8. The molecule has 20 heavy (non-hydrogen) atoms. The summed E-state index contributed by atoms with van der Waals surface area (Å²) < 4.78 is 2.29. The molecule has 112 valence electrons. The van der Waals surface area contributed by atoms with Crippen molar-refractivity contribution in [1.82, 2.24) is 19.4 Å². The van der Waals surface area contributed by atoms with Crippen LogP contribution in [0, 0.1) is 0 Å². The van der Waals surface area contributed by atoms with Crippen LogP contribution in [0.3, 0.4) is 0 Å². The third-order valence-electron chi connectivity index (χ3n) is 4.79. The summed E-state index contributed by atoms with van der Waals surface area (Å²) in [6, 6.07) is 1.20. The molecule has 1 saturated heterocycles. The van der Waals surface area contributed by atoms with E-state index in [1.54, 1.807) is 0 Å². The molecule has 2 aliphatic rings. The fourth-order valence-electron chi connectivity index (χ4n) is 3.38. The Hall–Kier alpha value is -1.07. The van der Waals surface area contributed by atoms with E-state index in [1.807, 2.05) is 6.20 Å². The molecule has 2 fully saturated rings. The molecule has 0 bridgehead atoms. The minimum atomic E-state index is 0.576. The monoisotopic (exact) mass is 277 g/mol. The number of rotatable bonds is 4. The molecular formula is C15H27N5. The highest BCUT2D eigenvalue weighted by atomic mass is 15.3. The maximum atomic E-state index is 4.51. The molecule has 1 atom stereocenters. The van der Waals surface area contributed by atoms with Crippen LogP contribution in [0.5, 0.6) is 0 Å². The minimum absolute atomic E-state index is 0.576. The largest absolute Gasteiger partial charge is 0.353 e. The van der Waals surface area contributed by atoms with Crippen molar-refractivity contribution in [3.05, 3.63) is 12.4 Å². The lowest BCUT2D eigenvalue weighted by molar-refractivity contribution is 0.103. The second kappa shape index (κ2) is 6.14. The third kappa shape index (κ3) is 3.15. The average Bonchev–Trinajstić information content (AvgIpc) is 3.07. The smallest absolute Gasteiger partial charge is 0.203 e. The number of nitrogens with zero attached hydrogens (tertiary/aromatic N) is 4. The molecule has 1 aliphatic carbocycles. The van der Waals surface area contributed by atoms with Crippen LogP contribution in [0.2, 0.25) is 0 Å². The predicted molar refractivity (Wildman–Crippen MR) is 82.0 cm³/mol. The van der Waals surface area contributed by atoms with Gasteiger partial charge in [0.1, 0.15) is 0 Å². The first-order valence-electron chi connectivity index (χ1n) is 7.89. The fraction of sp³-hybridized carbons (Fsp3) is 0.800. The van der Waals surface area contributed by atoms with Gasteiger partial charge in [0.2, 0.25) is 5.95 Å². The van der Waals surface area contributed by atoms with Crippen molar-refractivity contribution < 1.29 is 0 Å². The SMILES string of the molecule is CN1CCN(C)C(Cn2ccnc2NC2CCCC2)C1. The van der Waals surface area contributed by atoms with Gasteiger partial charge in [0.05, 0.1) is 0 Å². The van der Waals surface area contributed by atoms with E-state index in [0.717, 1.165) is 25.6 Å². The molecule has 3 rings (SSSR count). The standard InChI is InChI=1S/C15H27N5/c1-18-9-10-19(2)14(11-18)12-20-8-7-16-15(20)17-13-5-3-4-6-13/h7-8,13-14H,3-6,9-12H2,1-2H3,(H,16,17). The normalized spacial score (nSPS) is 26.2. The lowest BCUT2D eigenvalue weighted by Gasteiger charge is -2.38. The van der Waals surface area contributed by atoms with Crippen molar-refractivity contribution in [2.24, 2.45) is 0 Å². The van der Waals surface area contributed by atoms with Gasteiger partial charge in [-0.2, -0.15) is 0 Å². The summed E-state index contributed by atoms with van der Waals surface area (Å²) in [7, 11) is 4.45. The van der Waals surface area contributed by atoms with Gasteiger partial charge in [-0.1, -0.05) is 12.8 Å². The molecule has 0 radical (unpaired) electrons. The van der Waals surface area contributed by atoms with Crippen LogP contribution in [0.4, 0.5) is 5.95 Å². The van der Waals surface area contributed by atoms with Crippen LogP contribution in [-0.2, 0) is 6.54 Å². The highest BCUT2D eigenvalue weighted by Gasteiger charge is 2.24. The molecular weight excluding hydrogens is 250 g/mol. The van der Waals surface area contributed by atoms with Gasteiger partial charge in [-0.3, -0.25) is 4.90 Å². The molecule has 1 aromatic rings. The first-order chi connectivity index (χ1) is 9.72. The maximum Gasteiger partial charge on any atom is 0.203 e.